The number of rotatable bonds is 2. The van der Waals surface area contributed by atoms with Gasteiger partial charge in [-0.25, -0.2) is 13.2 Å². The van der Waals surface area contributed by atoms with Crippen LogP contribution in [0, 0.1) is 17.5 Å². The molecule has 0 saturated heterocycles. The average Bonchev–Trinajstić information content (AvgIpc) is 2.73. The normalized spacial score (nSPS) is 10.4. The minimum Gasteiger partial charge on any atom is -0.461 e. The number of carbonyl (C=O) groups excluding carboxylic acids is 1. The van der Waals surface area contributed by atoms with Crippen molar-refractivity contribution >= 4 is 6.29 Å². The average molecular weight is 226 g/mol. The molecule has 2 rings (SSSR count). The van der Waals surface area contributed by atoms with Gasteiger partial charge in [0.25, 0.3) is 0 Å². The van der Waals surface area contributed by atoms with Crippen LogP contribution in [-0.4, -0.2) is 6.29 Å². The summed E-state index contributed by atoms with van der Waals surface area (Å²) < 4.78 is 43.3. The van der Waals surface area contributed by atoms with Gasteiger partial charge in [-0.2, -0.15) is 0 Å². The molecule has 0 aliphatic heterocycles. The molecule has 0 aliphatic carbocycles. The summed E-state index contributed by atoms with van der Waals surface area (Å²) in [4.78, 5) is 10.5. The van der Waals surface area contributed by atoms with Gasteiger partial charge in [-0.3, -0.25) is 4.79 Å². The number of benzene rings is 1. The largest absolute Gasteiger partial charge is 0.461 e. The quantitative estimate of drug-likeness (QED) is 0.581. The molecule has 0 unspecified atom stereocenters. The first-order chi connectivity index (χ1) is 7.63. The Morgan fingerprint density at radius 1 is 1.12 bits per heavy atom. The highest BCUT2D eigenvalue weighted by Crippen LogP contribution is 2.26. The van der Waals surface area contributed by atoms with Crippen LogP contribution in [0.3, 0.4) is 0 Å². The minimum absolute atomic E-state index is 0.0484. The third-order valence-corrected chi connectivity index (χ3v) is 2.10. The lowest BCUT2D eigenvalue weighted by molar-refractivity contribution is 0.110. The molecule has 16 heavy (non-hydrogen) atoms. The molecule has 0 spiro atoms. The van der Waals surface area contributed by atoms with Crippen LogP contribution in [0.2, 0.25) is 0 Å². The number of halogens is 3. The number of carbonyl (C=O) groups is 1. The zero-order valence-corrected chi connectivity index (χ0v) is 7.84. The molecule has 0 N–H and O–H groups in total. The SMILES string of the molecule is O=Cc1occc1-c1cc(F)c(F)c(F)c1. The zero-order valence-electron chi connectivity index (χ0n) is 7.84. The van der Waals surface area contributed by atoms with Crippen molar-refractivity contribution in [3.63, 3.8) is 0 Å². The van der Waals surface area contributed by atoms with Crippen molar-refractivity contribution in [3.8, 4) is 11.1 Å². The summed E-state index contributed by atoms with van der Waals surface area (Å²) >= 11 is 0. The van der Waals surface area contributed by atoms with Gasteiger partial charge >= 0.3 is 0 Å². The summed E-state index contributed by atoms with van der Waals surface area (Å²) in [6, 6.07) is 2.97. The first-order valence-electron chi connectivity index (χ1n) is 4.31. The highest BCUT2D eigenvalue weighted by Gasteiger charge is 2.14. The Kier molecular flexibility index (Phi) is 2.52. The Bertz CT molecular complexity index is 523. The topological polar surface area (TPSA) is 30.2 Å². The van der Waals surface area contributed by atoms with E-state index >= 15 is 0 Å². The summed E-state index contributed by atoms with van der Waals surface area (Å²) in [5, 5.41) is 0. The molecule has 0 amide bonds. The van der Waals surface area contributed by atoms with Crippen molar-refractivity contribution < 1.29 is 22.4 Å². The Balaban J connectivity index is 2.61. The van der Waals surface area contributed by atoms with Crippen molar-refractivity contribution in [2.24, 2.45) is 0 Å². The summed E-state index contributed by atoms with van der Waals surface area (Å²) in [5.41, 5.74) is 0.264. The molecule has 0 aliphatic rings. The van der Waals surface area contributed by atoms with Gasteiger partial charge in [-0.1, -0.05) is 0 Å². The molecule has 1 heterocycles. The lowest BCUT2D eigenvalue weighted by atomic mass is 10.1. The van der Waals surface area contributed by atoms with Gasteiger partial charge in [-0.05, 0) is 23.8 Å². The summed E-state index contributed by atoms with van der Waals surface area (Å²) in [5.74, 6) is -4.23. The molecule has 5 heteroatoms. The second-order valence-corrected chi connectivity index (χ2v) is 3.07. The van der Waals surface area contributed by atoms with E-state index < -0.39 is 17.5 Å². The third kappa shape index (κ3) is 1.60. The third-order valence-electron chi connectivity index (χ3n) is 2.10. The van der Waals surface area contributed by atoms with Crippen molar-refractivity contribution in [2.75, 3.05) is 0 Å². The van der Waals surface area contributed by atoms with Gasteiger partial charge in [0.2, 0.25) is 0 Å². The summed E-state index contributed by atoms with van der Waals surface area (Å²) in [6.45, 7) is 0. The second kappa shape index (κ2) is 3.84. The first kappa shape index (κ1) is 10.5. The van der Waals surface area contributed by atoms with Crippen LogP contribution in [-0.2, 0) is 0 Å². The van der Waals surface area contributed by atoms with Crippen LogP contribution in [0.5, 0.6) is 0 Å². The molecule has 0 radical (unpaired) electrons. The smallest absolute Gasteiger partial charge is 0.194 e. The maximum absolute atomic E-state index is 12.9. The lowest BCUT2D eigenvalue weighted by Crippen LogP contribution is -1.92. The van der Waals surface area contributed by atoms with E-state index in [0.717, 1.165) is 12.1 Å². The van der Waals surface area contributed by atoms with Crippen LogP contribution < -0.4 is 0 Å². The van der Waals surface area contributed by atoms with E-state index in [1.807, 2.05) is 0 Å². The van der Waals surface area contributed by atoms with E-state index in [1.54, 1.807) is 0 Å². The van der Waals surface area contributed by atoms with Gasteiger partial charge in [0, 0.05) is 5.56 Å². The number of hydrogen-bond acceptors (Lipinski definition) is 2. The maximum Gasteiger partial charge on any atom is 0.194 e. The van der Waals surface area contributed by atoms with E-state index in [-0.39, 0.29) is 16.9 Å². The fourth-order valence-electron chi connectivity index (χ4n) is 1.36. The predicted octanol–water partition coefficient (Wildman–Crippen LogP) is 3.18. The maximum atomic E-state index is 12.9. The highest BCUT2D eigenvalue weighted by molar-refractivity contribution is 5.84. The number of furan rings is 1. The lowest BCUT2D eigenvalue weighted by Gasteiger charge is -2.01. The van der Waals surface area contributed by atoms with Crippen LogP contribution >= 0.6 is 0 Å². The Labute approximate surface area is 88.3 Å². The summed E-state index contributed by atoms with van der Waals surface area (Å²) in [6.07, 6.45) is 1.62. The molecule has 0 fully saturated rings. The first-order valence-corrected chi connectivity index (χ1v) is 4.31. The van der Waals surface area contributed by atoms with Crippen molar-refractivity contribution in [1.29, 1.82) is 0 Å². The van der Waals surface area contributed by atoms with E-state index in [2.05, 4.69) is 0 Å². The van der Waals surface area contributed by atoms with E-state index in [4.69, 9.17) is 4.42 Å². The van der Waals surface area contributed by atoms with Crippen LogP contribution in [0.25, 0.3) is 11.1 Å². The Hall–Kier alpha value is -2.04. The molecule has 1 aromatic carbocycles. The monoisotopic (exact) mass is 226 g/mol. The second-order valence-electron chi connectivity index (χ2n) is 3.07. The molecule has 2 nitrogen and oxygen atoms in total. The van der Waals surface area contributed by atoms with Gasteiger partial charge in [0.1, 0.15) is 0 Å². The summed E-state index contributed by atoms with van der Waals surface area (Å²) in [7, 11) is 0. The Morgan fingerprint density at radius 2 is 1.75 bits per heavy atom. The predicted molar refractivity (Wildman–Crippen MR) is 49.4 cm³/mol. The molecule has 2 aromatic rings. The zero-order chi connectivity index (χ0) is 11.7. The standard InChI is InChI=1S/C11H5F3O2/c12-8-3-6(4-9(13)11(8)14)7-1-2-16-10(7)5-15/h1-5H. The fraction of sp³-hybridized carbons (Fsp3) is 0. The molecule has 0 saturated carbocycles. The van der Waals surface area contributed by atoms with Gasteiger partial charge in [0.15, 0.2) is 29.5 Å². The molecule has 0 bridgehead atoms. The van der Waals surface area contributed by atoms with Crippen LogP contribution in [0.15, 0.2) is 28.9 Å². The van der Waals surface area contributed by atoms with Gasteiger partial charge in [0.05, 0.1) is 6.26 Å². The highest BCUT2D eigenvalue weighted by atomic mass is 19.2. The fourth-order valence-corrected chi connectivity index (χ4v) is 1.36. The van der Waals surface area contributed by atoms with E-state index in [0.29, 0.717) is 6.29 Å². The van der Waals surface area contributed by atoms with Gasteiger partial charge < -0.3 is 4.42 Å². The molecule has 1 aromatic heterocycles. The van der Waals surface area contributed by atoms with Crippen molar-refractivity contribution in [1.82, 2.24) is 0 Å². The van der Waals surface area contributed by atoms with Gasteiger partial charge in [-0.15, -0.1) is 0 Å². The van der Waals surface area contributed by atoms with Crippen LogP contribution in [0.4, 0.5) is 13.2 Å². The van der Waals surface area contributed by atoms with E-state index in [1.165, 1.54) is 12.3 Å². The molecule has 82 valence electrons. The number of aldehydes is 1. The van der Waals surface area contributed by atoms with Crippen molar-refractivity contribution in [3.05, 3.63) is 47.7 Å². The molecular weight excluding hydrogens is 221 g/mol. The van der Waals surface area contributed by atoms with E-state index in [9.17, 15) is 18.0 Å². The molecule has 0 atom stereocenters. The van der Waals surface area contributed by atoms with Crippen LogP contribution in [0.1, 0.15) is 10.6 Å². The molecular formula is C11H5F3O2. The Morgan fingerprint density at radius 3 is 2.31 bits per heavy atom. The number of hydrogen-bond donors (Lipinski definition) is 0. The minimum atomic E-state index is -1.54. The van der Waals surface area contributed by atoms with Crippen molar-refractivity contribution in [2.45, 2.75) is 0 Å².